The number of nitrogens with one attached hydrogen (secondary N) is 1. The Hall–Kier alpha value is -1.90. The molecular formula is C22H27BrN2O4S. The second-order valence-electron chi connectivity index (χ2n) is 7.46. The van der Waals surface area contributed by atoms with Crippen molar-refractivity contribution in [1.82, 2.24) is 9.62 Å². The lowest BCUT2D eigenvalue weighted by Crippen LogP contribution is -2.46. The number of halogens is 1. The molecule has 162 valence electrons. The second-order valence-corrected chi connectivity index (χ2v) is 10.3. The van der Waals surface area contributed by atoms with Crippen molar-refractivity contribution in [3.8, 4) is 5.75 Å². The molecule has 0 atom stereocenters. The summed E-state index contributed by atoms with van der Waals surface area (Å²) in [5, 5.41) is 3.02. The Labute approximate surface area is 186 Å². The van der Waals surface area contributed by atoms with Gasteiger partial charge in [0.2, 0.25) is 15.9 Å². The second kappa shape index (κ2) is 10.4. The van der Waals surface area contributed by atoms with Crippen LogP contribution in [0.5, 0.6) is 5.75 Å². The van der Waals surface area contributed by atoms with Crippen molar-refractivity contribution in [2.75, 3.05) is 19.7 Å². The molecule has 2 aromatic carbocycles. The van der Waals surface area contributed by atoms with Crippen molar-refractivity contribution >= 4 is 31.9 Å². The van der Waals surface area contributed by atoms with Crippen LogP contribution in [0.1, 0.15) is 31.2 Å². The Bertz CT molecular complexity index is 938. The Kier molecular flexibility index (Phi) is 7.91. The summed E-state index contributed by atoms with van der Waals surface area (Å²) >= 11 is 3.38. The summed E-state index contributed by atoms with van der Waals surface area (Å²) in [7, 11) is -3.48. The number of sulfonamides is 1. The number of carbonyl (C=O) groups is 1. The molecular weight excluding hydrogens is 468 g/mol. The maximum atomic E-state index is 12.8. The normalized spacial score (nSPS) is 15.7. The highest BCUT2D eigenvalue weighted by molar-refractivity contribution is 9.10. The quantitative estimate of drug-likeness (QED) is 0.564. The lowest BCUT2D eigenvalue weighted by Gasteiger charge is -2.31. The fourth-order valence-electron chi connectivity index (χ4n) is 3.35. The molecule has 30 heavy (non-hydrogen) atoms. The van der Waals surface area contributed by atoms with E-state index in [0.29, 0.717) is 50.3 Å². The number of hydrogen-bond donors (Lipinski definition) is 1. The van der Waals surface area contributed by atoms with Gasteiger partial charge in [-0.3, -0.25) is 4.79 Å². The van der Waals surface area contributed by atoms with E-state index in [2.05, 4.69) is 21.2 Å². The highest BCUT2D eigenvalue weighted by atomic mass is 79.9. The van der Waals surface area contributed by atoms with E-state index in [1.54, 1.807) is 24.3 Å². The standard InChI is InChI=1S/C22H27BrN2O4S/c1-17-4-10-21(11-5-17)30(27,28)25-14-12-19(13-15-25)24-22(26)3-2-16-29-20-8-6-18(23)7-9-20/h4-11,19H,2-3,12-16H2,1H3,(H,24,26). The third-order valence-corrected chi connectivity index (χ3v) is 7.55. The average Bonchev–Trinajstić information content (AvgIpc) is 2.73. The number of rotatable bonds is 8. The minimum atomic E-state index is -3.48. The number of ether oxygens (including phenoxy) is 1. The molecule has 1 heterocycles. The predicted molar refractivity (Wildman–Crippen MR) is 120 cm³/mol. The first-order valence-corrected chi connectivity index (χ1v) is 12.3. The largest absolute Gasteiger partial charge is 0.494 e. The van der Waals surface area contributed by atoms with Crippen molar-refractivity contribution in [2.24, 2.45) is 0 Å². The van der Waals surface area contributed by atoms with Gasteiger partial charge in [-0.1, -0.05) is 33.6 Å². The molecule has 2 aromatic rings. The van der Waals surface area contributed by atoms with Crippen LogP contribution in [0.25, 0.3) is 0 Å². The topological polar surface area (TPSA) is 75.7 Å². The van der Waals surface area contributed by atoms with E-state index >= 15 is 0 Å². The Balaban J connectivity index is 1.38. The van der Waals surface area contributed by atoms with Gasteiger partial charge in [-0.2, -0.15) is 4.31 Å². The molecule has 0 bridgehead atoms. The number of benzene rings is 2. The van der Waals surface area contributed by atoms with Crippen molar-refractivity contribution in [2.45, 2.75) is 43.5 Å². The van der Waals surface area contributed by atoms with Crippen LogP contribution >= 0.6 is 15.9 Å². The van der Waals surface area contributed by atoms with Gasteiger partial charge in [-0.15, -0.1) is 0 Å². The third kappa shape index (κ3) is 6.30. The summed E-state index contributed by atoms with van der Waals surface area (Å²) in [6.45, 7) is 3.22. The molecule has 1 saturated heterocycles. The lowest BCUT2D eigenvalue weighted by molar-refractivity contribution is -0.122. The van der Waals surface area contributed by atoms with Crippen molar-refractivity contribution in [1.29, 1.82) is 0 Å². The van der Waals surface area contributed by atoms with Gasteiger partial charge in [-0.05, 0) is 62.6 Å². The molecule has 0 aromatic heterocycles. The van der Waals surface area contributed by atoms with E-state index in [1.165, 1.54) is 4.31 Å². The van der Waals surface area contributed by atoms with E-state index in [0.717, 1.165) is 15.8 Å². The van der Waals surface area contributed by atoms with Gasteiger partial charge in [0.15, 0.2) is 0 Å². The molecule has 1 amide bonds. The molecule has 1 aliphatic rings. The number of amides is 1. The Morgan fingerprint density at radius 3 is 2.37 bits per heavy atom. The van der Waals surface area contributed by atoms with Crippen LogP contribution < -0.4 is 10.1 Å². The molecule has 1 fully saturated rings. The molecule has 3 rings (SSSR count). The van der Waals surface area contributed by atoms with Crippen LogP contribution in [0.15, 0.2) is 57.9 Å². The minimum absolute atomic E-state index is 0.00867. The van der Waals surface area contributed by atoms with Crippen LogP contribution in [0.4, 0.5) is 0 Å². The van der Waals surface area contributed by atoms with Gasteiger partial charge in [0.25, 0.3) is 0 Å². The first-order chi connectivity index (χ1) is 14.3. The van der Waals surface area contributed by atoms with Gasteiger partial charge < -0.3 is 10.1 Å². The molecule has 1 aliphatic heterocycles. The van der Waals surface area contributed by atoms with Crippen LogP contribution in [0, 0.1) is 6.92 Å². The Morgan fingerprint density at radius 1 is 1.10 bits per heavy atom. The van der Waals surface area contributed by atoms with Gasteiger partial charge in [-0.25, -0.2) is 8.42 Å². The average molecular weight is 495 g/mol. The molecule has 0 radical (unpaired) electrons. The van der Waals surface area contributed by atoms with Gasteiger partial charge in [0.05, 0.1) is 11.5 Å². The van der Waals surface area contributed by atoms with E-state index in [-0.39, 0.29) is 11.9 Å². The van der Waals surface area contributed by atoms with Crippen LogP contribution in [0.3, 0.4) is 0 Å². The lowest BCUT2D eigenvalue weighted by atomic mass is 10.1. The molecule has 0 aliphatic carbocycles. The molecule has 0 saturated carbocycles. The first-order valence-electron chi connectivity index (χ1n) is 10.1. The molecule has 0 spiro atoms. The highest BCUT2D eigenvalue weighted by Gasteiger charge is 2.29. The maximum absolute atomic E-state index is 12.8. The monoisotopic (exact) mass is 494 g/mol. The minimum Gasteiger partial charge on any atom is -0.494 e. The van der Waals surface area contributed by atoms with Crippen molar-refractivity contribution < 1.29 is 17.9 Å². The zero-order chi connectivity index (χ0) is 21.6. The molecule has 0 unspecified atom stereocenters. The fraction of sp³-hybridized carbons (Fsp3) is 0.409. The van der Waals surface area contributed by atoms with Gasteiger partial charge in [0.1, 0.15) is 5.75 Å². The number of hydrogen-bond acceptors (Lipinski definition) is 4. The fourth-order valence-corrected chi connectivity index (χ4v) is 5.09. The number of carbonyl (C=O) groups excluding carboxylic acids is 1. The predicted octanol–water partition coefficient (Wildman–Crippen LogP) is 3.89. The summed E-state index contributed by atoms with van der Waals surface area (Å²) < 4.78 is 33.6. The maximum Gasteiger partial charge on any atom is 0.243 e. The van der Waals surface area contributed by atoms with Crippen LogP contribution in [-0.2, 0) is 14.8 Å². The Morgan fingerprint density at radius 2 is 1.73 bits per heavy atom. The summed E-state index contributed by atoms with van der Waals surface area (Å²) in [5.74, 6) is 0.759. The number of nitrogens with zero attached hydrogens (tertiary/aromatic N) is 1. The summed E-state index contributed by atoms with van der Waals surface area (Å²) in [6, 6.07) is 14.5. The van der Waals surface area contributed by atoms with E-state index < -0.39 is 10.0 Å². The number of aryl methyl sites for hydroxylation is 1. The van der Waals surface area contributed by atoms with Crippen molar-refractivity contribution in [3.05, 3.63) is 58.6 Å². The van der Waals surface area contributed by atoms with E-state index in [1.807, 2.05) is 31.2 Å². The van der Waals surface area contributed by atoms with E-state index in [4.69, 9.17) is 4.74 Å². The van der Waals surface area contributed by atoms with E-state index in [9.17, 15) is 13.2 Å². The number of piperidine rings is 1. The summed E-state index contributed by atoms with van der Waals surface area (Å²) in [4.78, 5) is 12.5. The SMILES string of the molecule is Cc1ccc(S(=O)(=O)N2CCC(NC(=O)CCCOc3ccc(Br)cc3)CC2)cc1. The molecule has 8 heteroatoms. The van der Waals surface area contributed by atoms with Crippen molar-refractivity contribution in [3.63, 3.8) is 0 Å². The zero-order valence-electron chi connectivity index (χ0n) is 17.0. The van der Waals surface area contributed by atoms with Crippen LogP contribution in [-0.4, -0.2) is 44.4 Å². The summed E-state index contributed by atoms with van der Waals surface area (Å²) in [6.07, 6.45) is 2.25. The molecule has 6 nitrogen and oxygen atoms in total. The van der Waals surface area contributed by atoms with Gasteiger partial charge in [0, 0.05) is 30.0 Å². The highest BCUT2D eigenvalue weighted by Crippen LogP contribution is 2.21. The van der Waals surface area contributed by atoms with Crippen LogP contribution in [0.2, 0.25) is 0 Å². The summed E-state index contributed by atoms with van der Waals surface area (Å²) in [5.41, 5.74) is 1.03. The van der Waals surface area contributed by atoms with Gasteiger partial charge >= 0.3 is 0 Å². The molecule has 1 N–H and O–H groups in total. The smallest absolute Gasteiger partial charge is 0.243 e. The third-order valence-electron chi connectivity index (χ3n) is 5.11. The first kappa shape index (κ1) is 22.8. The zero-order valence-corrected chi connectivity index (χ0v) is 19.4.